The maximum Gasteiger partial charge on any atom is 0.225 e. The molecule has 1 aromatic carbocycles. The molecule has 0 spiro atoms. The summed E-state index contributed by atoms with van der Waals surface area (Å²) in [5, 5.41) is 2.02. The van der Waals surface area contributed by atoms with Crippen molar-refractivity contribution in [3.63, 3.8) is 0 Å². The lowest BCUT2D eigenvalue weighted by Gasteiger charge is -2.03. The molecule has 3 aromatic rings. The van der Waals surface area contributed by atoms with E-state index in [4.69, 9.17) is 11.5 Å². The zero-order valence-electron chi connectivity index (χ0n) is 10.5. The molecule has 7 heteroatoms. The lowest BCUT2D eigenvalue weighted by molar-refractivity contribution is 0.986. The van der Waals surface area contributed by atoms with Gasteiger partial charge in [0.2, 0.25) is 11.9 Å². The molecule has 6 nitrogen and oxygen atoms in total. The standard InChI is InChI=1S/C13H12N6S/c14-12-17-10(18-13(15)19-12)7-20-11-6-5-8-3-1-2-4-9(8)16-11/h1-6H,7H2,(H4,14,15,17,18,19). The summed E-state index contributed by atoms with van der Waals surface area (Å²) >= 11 is 1.53. The number of nitrogen functional groups attached to an aromatic ring is 2. The molecule has 0 radical (unpaired) electrons. The van der Waals surface area contributed by atoms with Crippen molar-refractivity contribution < 1.29 is 0 Å². The Balaban J connectivity index is 1.79. The van der Waals surface area contributed by atoms with Gasteiger partial charge in [-0.2, -0.15) is 15.0 Å². The van der Waals surface area contributed by atoms with Crippen LogP contribution in [0.5, 0.6) is 0 Å². The molecule has 20 heavy (non-hydrogen) atoms. The quantitative estimate of drug-likeness (QED) is 0.707. The van der Waals surface area contributed by atoms with Crippen molar-refractivity contribution >= 4 is 34.6 Å². The van der Waals surface area contributed by atoms with Crippen LogP contribution in [0.25, 0.3) is 10.9 Å². The first-order valence-corrected chi connectivity index (χ1v) is 6.94. The van der Waals surface area contributed by atoms with Gasteiger partial charge in [0.15, 0.2) is 0 Å². The van der Waals surface area contributed by atoms with E-state index in [9.17, 15) is 0 Å². The smallest absolute Gasteiger partial charge is 0.225 e. The van der Waals surface area contributed by atoms with E-state index in [1.807, 2.05) is 36.4 Å². The number of nitrogens with zero attached hydrogens (tertiary/aromatic N) is 4. The van der Waals surface area contributed by atoms with Crippen molar-refractivity contribution in [3.05, 3.63) is 42.2 Å². The number of thioether (sulfide) groups is 1. The molecule has 0 unspecified atom stereocenters. The van der Waals surface area contributed by atoms with Crippen molar-refractivity contribution in [2.24, 2.45) is 0 Å². The molecule has 0 aliphatic carbocycles. The summed E-state index contributed by atoms with van der Waals surface area (Å²) < 4.78 is 0. The van der Waals surface area contributed by atoms with E-state index < -0.39 is 0 Å². The Kier molecular flexibility index (Phi) is 3.34. The van der Waals surface area contributed by atoms with E-state index in [1.54, 1.807) is 0 Å². The van der Waals surface area contributed by atoms with Crippen molar-refractivity contribution in [1.29, 1.82) is 0 Å². The van der Waals surface area contributed by atoms with E-state index in [0.717, 1.165) is 15.9 Å². The van der Waals surface area contributed by atoms with Gasteiger partial charge in [-0.05, 0) is 12.1 Å². The maximum absolute atomic E-state index is 5.54. The zero-order chi connectivity index (χ0) is 13.9. The van der Waals surface area contributed by atoms with Crippen molar-refractivity contribution in [2.45, 2.75) is 10.8 Å². The van der Waals surface area contributed by atoms with Gasteiger partial charge in [0.05, 0.1) is 16.3 Å². The van der Waals surface area contributed by atoms with Crippen LogP contribution in [0.2, 0.25) is 0 Å². The van der Waals surface area contributed by atoms with Gasteiger partial charge in [-0.1, -0.05) is 36.0 Å². The number of anilines is 2. The highest BCUT2D eigenvalue weighted by Crippen LogP contribution is 2.22. The summed E-state index contributed by atoms with van der Waals surface area (Å²) in [6.07, 6.45) is 0. The highest BCUT2D eigenvalue weighted by molar-refractivity contribution is 7.98. The summed E-state index contributed by atoms with van der Waals surface area (Å²) in [6.45, 7) is 0. The summed E-state index contributed by atoms with van der Waals surface area (Å²) in [4.78, 5) is 16.4. The van der Waals surface area contributed by atoms with Gasteiger partial charge in [0.25, 0.3) is 0 Å². The summed E-state index contributed by atoms with van der Waals surface area (Å²) in [5.74, 6) is 1.37. The Morgan fingerprint density at radius 3 is 2.40 bits per heavy atom. The molecule has 0 saturated carbocycles. The third kappa shape index (κ3) is 2.77. The van der Waals surface area contributed by atoms with E-state index >= 15 is 0 Å². The van der Waals surface area contributed by atoms with Crippen molar-refractivity contribution in [1.82, 2.24) is 19.9 Å². The minimum atomic E-state index is 0.138. The van der Waals surface area contributed by atoms with E-state index in [0.29, 0.717) is 11.6 Å². The lowest BCUT2D eigenvalue weighted by atomic mass is 10.2. The lowest BCUT2D eigenvalue weighted by Crippen LogP contribution is -2.05. The largest absolute Gasteiger partial charge is 0.368 e. The van der Waals surface area contributed by atoms with E-state index in [-0.39, 0.29) is 11.9 Å². The summed E-state index contributed by atoms with van der Waals surface area (Å²) in [6, 6.07) is 12.0. The van der Waals surface area contributed by atoms with Crippen LogP contribution in [0.3, 0.4) is 0 Å². The fourth-order valence-corrected chi connectivity index (χ4v) is 2.52. The van der Waals surface area contributed by atoms with Crippen LogP contribution >= 0.6 is 11.8 Å². The second-order valence-electron chi connectivity index (χ2n) is 4.10. The Labute approximate surface area is 119 Å². The number of fused-ring (bicyclic) bond motifs is 1. The Bertz CT molecular complexity index is 740. The monoisotopic (exact) mass is 284 g/mol. The number of nitrogens with two attached hydrogens (primary N) is 2. The third-order valence-corrected chi connectivity index (χ3v) is 3.56. The zero-order valence-corrected chi connectivity index (χ0v) is 11.3. The molecule has 0 saturated heterocycles. The second-order valence-corrected chi connectivity index (χ2v) is 5.09. The first-order valence-electron chi connectivity index (χ1n) is 5.95. The SMILES string of the molecule is Nc1nc(N)nc(CSc2ccc3ccccc3n2)n1. The summed E-state index contributed by atoms with van der Waals surface area (Å²) in [5.41, 5.74) is 12.0. The molecule has 0 aliphatic rings. The number of rotatable bonds is 3. The molecule has 4 N–H and O–H groups in total. The van der Waals surface area contributed by atoms with Crippen LogP contribution in [-0.2, 0) is 5.75 Å². The number of aromatic nitrogens is 4. The van der Waals surface area contributed by atoms with Gasteiger partial charge in [0, 0.05) is 5.39 Å². The number of benzene rings is 1. The molecule has 100 valence electrons. The van der Waals surface area contributed by atoms with Crippen LogP contribution in [0.4, 0.5) is 11.9 Å². The number of pyridine rings is 1. The average molecular weight is 284 g/mol. The molecule has 2 heterocycles. The molecule has 0 amide bonds. The number of hydrogen-bond donors (Lipinski definition) is 2. The van der Waals surface area contributed by atoms with Gasteiger partial charge < -0.3 is 11.5 Å². The van der Waals surface area contributed by atoms with Gasteiger partial charge in [-0.3, -0.25) is 0 Å². The maximum atomic E-state index is 5.54. The molecule has 2 aromatic heterocycles. The van der Waals surface area contributed by atoms with Crippen LogP contribution in [0, 0.1) is 0 Å². The highest BCUT2D eigenvalue weighted by Gasteiger charge is 2.04. The average Bonchev–Trinajstić information content (AvgIpc) is 2.44. The second kappa shape index (κ2) is 5.30. The van der Waals surface area contributed by atoms with Gasteiger partial charge >= 0.3 is 0 Å². The van der Waals surface area contributed by atoms with Gasteiger partial charge in [-0.25, -0.2) is 4.98 Å². The van der Waals surface area contributed by atoms with Crippen LogP contribution in [0.1, 0.15) is 5.82 Å². The van der Waals surface area contributed by atoms with E-state index in [1.165, 1.54) is 11.8 Å². The van der Waals surface area contributed by atoms with Crippen molar-refractivity contribution in [2.75, 3.05) is 11.5 Å². The third-order valence-electron chi connectivity index (χ3n) is 2.64. The Hall–Kier alpha value is -2.41. The van der Waals surface area contributed by atoms with Crippen LogP contribution in [0.15, 0.2) is 41.4 Å². The number of para-hydroxylation sites is 1. The fourth-order valence-electron chi connectivity index (χ4n) is 1.79. The highest BCUT2D eigenvalue weighted by atomic mass is 32.2. The molecule has 0 aliphatic heterocycles. The Morgan fingerprint density at radius 1 is 0.850 bits per heavy atom. The molecule has 3 rings (SSSR count). The first kappa shape index (κ1) is 12.6. The predicted octanol–water partition coefficient (Wildman–Crippen LogP) is 1.88. The molecule has 0 fully saturated rings. The molecule has 0 atom stereocenters. The van der Waals surface area contributed by atoms with E-state index in [2.05, 4.69) is 19.9 Å². The minimum Gasteiger partial charge on any atom is -0.368 e. The fraction of sp³-hybridized carbons (Fsp3) is 0.0769. The first-order chi connectivity index (χ1) is 9.70. The van der Waals surface area contributed by atoms with Crippen molar-refractivity contribution in [3.8, 4) is 0 Å². The summed E-state index contributed by atoms with van der Waals surface area (Å²) in [7, 11) is 0. The predicted molar refractivity (Wildman–Crippen MR) is 80.0 cm³/mol. The minimum absolute atomic E-state index is 0.138. The van der Waals surface area contributed by atoms with Crippen LogP contribution in [-0.4, -0.2) is 19.9 Å². The molecular formula is C13H12N6S. The topological polar surface area (TPSA) is 104 Å². The normalized spacial score (nSPS) is 10.8. The Morgan fingerprint density at radius 2 is 1.60 bits per heavy atom. The number of hydrogen-bond acceptors (Lipinski definition) is 7. The van der Waals surface area contributed by atoms with Gasteiger partial charge in [0.1, 0.15) is 5.82 Å². The molecule has 0 bridgehead atoms. The molecular weight excluding hydrogens is 272 g/mol. The van der Waals surface area contributed by atoms with Gasteiger partial charge in [-0.15, -0.1) is 0 Å². The van der Waals surface area contributed by atoms with Crippen LogP contribution < -0.4 is 11.5 Å².